The van der Waals surface area contributed by atoms with Crippen LogP contribution < -0.4 is 0 Å². The Morgan fingerprint density at radius 2 is 1.90 bits per heavy atom. The Hall–Kier alpha value is -3.01. The van der Waals surface area contributed by atoms with E-state index in [1.165, 1.54) is 17.3 Å². The highest BCUT2D eigenvalue weighted by Gasteiger charge is 2.34. The van der Waals surface area contributed by atoms with Crippen LogP contribution in [0.1, 0.15) is 41.4 Å². The van der Waals surface area contributed by atoms with Gasteiger partial charge in [0, 0.05) is 31.2 Å². The number of nitrogens with zero attached hydrogens (tertiary/aromatic N) is 6. The number of aryl methyl sites for hydroxylation is 1. The Morgan fingerprint density at radius 3 is 2.48 bits per heavy atom. The van der Waals surface area contributed by atoms with Crippen molar-refractivity contribution in [3.63, 3.8) is 0 Å². The second kappa shape index (κ2) is 9.42. The van der Waals surface area contributed by atoms with Gasteiger partial charge in [-0.25, -0.2) is 4.98 Å². The van der Waals surface area contributed by atoms with Gasteiger partial charge in [0.25, 0.3) is 5.91 Å². The Morgan fingerprint density at radius 1 is 1.19 bits per heavy atom. The number of halogens is 4. The van der Waals surface area contributed by atoms with Crippen molar-refractivity contribution in [1.29, 1.82) is 0 Å². The first-order valence-electron chi connectivity index (χ1n) is 9.52. The molecule has 0 aromatic carbocycles. The maximum atomic E-state index is 13.2. The first-order chi connectivity index (χ1) is 14.7. The smallest absolute Gasteiger partial charge is 0.339 e. The number of rotatable bonds is 7. The third-order valence-corrected chi connectivity index (χ3v) is 5.12. The van der Waals surface area contributed by atoms with E-state index in [0.717, 1.165) is 16.6 Å². The molecule has 0 radical (unpaired) electrons. The van der Waals surface area contributed by atoms with Crippen molar-refractivity contribution in [2.24, 2.45) is 0 Å². The molecule has 1 atom stereocenters. The van der Waals surface area contributed by atoms with Gasteiger partial charge in [0.15, 0.2) is 5.82 Å². The quantitative estimate of drug-likeness (QED) is 0.536. The van der Waals surface area contributed by atoms with E-state index in [0.29, 0.717) is 30.5 Å². The Kier molecular flexibility index (Phi) is 6.89. The second-order valence-electron chi connectivity index (χ2n) is 6.90. The highest BCUT2D eigenvalue weighted by Crippen LogP contribution is 2.31. The van der Waals surface area contributed by atoms with Crippen molar-refractivity contribution in [3.8, 4) is 5.82 Å². The lowest BCUT2D eigenvalue weighted by atomic mass is 10.0. The molecule has 3 aromatic heterocycles. The lowest BCUT2D eigenvalue weighted by molar-refractivity contribution is -0.137. The first kappa shape index (κ1) is 22.7. The summed E-state index contributed by atoms with van der Waals surface area (Å²) < 4.78 is 39.7. The van der Waals surface area contributed by atoms with Crippen LogP contribution in [-0.2, 0) is 12.6 Å². The number of carbonyl (C=O) groups excluding carboxylic acids is 1. The van der Waals surface area contributed by atoms with Crippen LogP contribution in [0.4, 0.5) is 13.2 Å². The zero-order chi connectivity index (χ0) is 22.6. The van der Waals surface area contributed by atoms with Crippen LogP contribution in [0, 0.1) is 0 Å². The summed E-state index contributed by atoms with van der Waals surface area (Å²) in [5, 5.41) is 8.33. The van der Waals surface area contributed by atoms with Crippen molar-refractivity contribution in [1.82, 2.24) is 29.9 Å². The molecule has 0 aliphatic heterocycles. The van der Waals surface area contributed by atoms with Gasteiger partial charge in [0.2, 0.25) is 0 Å². The van der Waals surface area contributed by atoms with Gasteiger partial charge >= 0.3 is 6.18 Å². The molecule has 0 saturated heterocycles. The summed E-state index contributed by atoms with van der Waals surface area (Å²) in [6.07, 6.45) is 2.05. The van der Waals surface area contributed by atoms with Gasteiger partial charge in [-0.2, -0.15) is 23.4 Å². The molecule has 0 aliphatic carbocycles. The lowest BCUT2D eigenvalue weighted by Gasteiger charge is -2.28. The summed E-state index contributed by atoms with van der Waals surface area (Å²) in [5.41, 5.74) is -0.430. The summed E-state index contributed by atoms with van der Waals surface area (Å²) >= 11 is 5.85. The summed E-state index contributed by atoms with van der Waals surface area (Å²) in [5.74, 6) is -0.661. The molecule has 3 rings (SSSR count). The van der Waals surface area contributed by atoms with Gasteiger partial charge in [-0.05, 0) is 37.5 Å². The van der Waals surface area contributed by atoms with Crippen molar-refractivity contribution < 1.29 is 18.0 Å². The van der Waals surface area contributed by atoms with Gasteiger partial charge < -0.3 is 4.90 Å². The van der Waals surface area contributed by atoms with Crippen molar-refractivity contribution >= 4 is 17.5 Å². The molecule has 3 heterocycles. The average Bonchev–Trinajstić information content (AvgIpc) is 3.28. The number of pyridine rings is 2. The molecule has 0 saturated carbocycles. The third-order valence-electron chi connectivity index (χ3n) is 4.89. The molecular weight excluding hydrogens is 433 g/mol. The zero-order valence-corrected chi connectivity index (χ0v) is 17.6. The molecule has 0 bridgehead atoms. The van der Waals surface area contributed by atoms with Crippen LogP contribution in [0.3, 0.4) is 0 Å². The fourth-order valence-corrected chi connectivity index (χ4v) is 3.26. The summed E-state index contributed by atoms with van der Waals surface area (Å²) in [6, 6.07) is 4.10. The average molecular weight is 453 g/mol. The number of alkyl halides is 3. The van der Waals surface area contributed by atoms with E-state index < -0.39 is 17.6 Å². The van der Waals surface area contributed by atoms with E-state index >= 15 is 0 Å². The molecule has 3 aromatic rings. The van der Waals surface area contributed by atoms with Crippen LogP contribution in [0.25, 0.3) is 5.82 Å². The van der Waals surface area contributed by atoms with Gasteiger partial charge in [0.05, 0.1) is 28.5 Å². The highest BCUT2D eigenvalue weighted by atomic mass is 35.5. The van der Waals surface area contributed by atoms with Gasteiger partial charge in [-0.3, -0.25) is 9.78 Å². The van der Waals surface area contributed by atoms with Gasteiger partial charge in [-0.15, -0.1) is 4.80 Å². The highest BCUT2D eigenvalue weighted by molar-refractivity contribution is 6.30. The van der Waals surface area contributed by atoms with E-state index in [4.69, 9.17) is 11.6 Å². The minimum Gasteiger partial charge on any atom is -0.339 e. The van der Waals surface area contributed by atoms with Crippen LogP contribution >= 0.6 is 11.6 Å². The summed E-state index contributed by atoms with van der Waals surface area (Å²) in [6.45, 7) is 1.91. The molecular formula is C20H20ClF3N6O. The standard InChI is InChI=1S/C20H20ClF3N6O/c1-3-16(7-6-15-5-4-14(21)12-25-15)29(2)19(31)17-10-13(20(22,23)24)11-26-18(17)30-27-8-9-28-30/h4-5,8-12,16H,3,6-7H2,1-2H3/t16-/m0/s1. The number of hydrogen-bond acceptors (Lipinski definition) is 5. The molecule has 164 valence electrons. The number of hydrogen-bond donors (Lipinski definition) is 0. The predicted molar refractivity (Wildman–Crippen MR) is 108 cm³/mol. The maximum absolute atomic E-state index is 13.2. The van der Waals surface area contributed by atoms with Crippen LogP contribution in [-0.4, -0.2) is 48.9 Å². The fraction of sp³-hybridized carbons (Fsp3) is 0.350. The fourth-order valence-electron chi connectivity index (χ4n) is 3.15. The zero-order valence-electron chi connectivity index (χ0n) is 16.8. The third kappa shape index (κ3) is 5.38. The predicted octanol–water partition coefficient (Wildman–Crippen LogP) is 4.21. The first-order valence-corrected chi connectivity index (χ1v) is 9.90. The van der Waals surface area contributed by atoms with Gasteiger partial charge in [-0.1, -0.05) is 18.5 Å². The van der Waals surface area contributed by atoms with Crippen LogP contribution in [0.2, 0.25) is 5.02 Å². The maximum Gasteiger partial charge on any atom is 0.417 e. The number of aromatic nitrogens is 5. The summed E-state index contributed by atoms with van der Waals surface area (Å²) in [7, 11) is 1.56. The van der Waals surface area contributed by atoms with Crippen molar-refractivity contribution in [2.45, 2.75) is 38.4 Å². The van der Waals surface area contributed by atoms with Gasteiger partial charge in [0.1, 0.15) is 0 Å². The largest absolute Gasteiger partial charge is 0.417 e. The topological polar surface area (TPSA) is 76.8 Å². The lowest BCUT2D eigenvalue weighted by Crippen LogP contribution is -2.38. The van der Waals surface area contributed by atoms with E-state index in [1.807, 2.05) is 6.92 Å². The molecule has 0 unspecified atom stereocenters. The van der Waals surface area contributed by atoms with E-state index in [9.17, 15) is 18.0 Å². The van der Waals surface area contributed by atoms with E-state index in [1.54, 1.807) is 25.4 Å². The van der Waals surface area contributed by atoms with E-state index in [-0.39, 0.29) is 17.4 Å². The normalized spacial score (nSPS) is 12.6. The van der Waals surface area contributed by atoms with Crippen molar-refractivity contribution in [3.05, 3.63) is 64.8 Å². The molecule has 1 amide bonds. The molecule has 0 fully saturated rings. The Balaban J connectivity index is 1.87. The minimum absolute atomic E-state index is 0.0657. The monoisotopic (exact) mass is 452 g/mol. The molecule has 0 N–H and O–H groups in total. The number of amides is 1. The van der Waals surface area contributed by atoms with Crippen LogP contribution in [0.5, 0.6) is 0 Å². The molecule has 0 aliphatic rings. The molecule has 11 heteroatoms. The molecule has 0 spiro atoms. The SMILES string of the molecule is CC[C@@H](CCc1ccc(Cl)cn1)N(C)C(=O)c1cc(C(F)(F)F)cnc1-n1nccn1. The van der Waals surface area contributed by atoms with E-state index in [2.05, 4.69) is 20.2 Å². The Labute approximate surface area is 181 Å². The Bertz CT molecular complexity index is 1020. The second-order valence-corrected chi connectivity index (χ2v) is 7.33. The number of carbonyl (C=O) groups is 1. The minimum atomic E-state index is -4.64. The van der Waals surface area contributed by atoms with Crippen LogP contribution in [0.15, 0.2) is 43.0 Å². The van der Waals surface area contributed by atoms with Crippen molar-refractivity contribution in [2.75, 3.05) is 7.05 Å². The summed E-state index contributed by atoms with van der Waals surface area (Å²) in [4.78, 5) is 23.7. The molecule has 31 heavy (non-hydrogen) atoms. The molecule has 7 nitrogen and oxygen atoms in total.